The summed E-state index contributed by atoms with van der Waals surface area (Å²) in [4.78, 5) is 12.5. The van der Waals surface area contributed by atoms with Gasteiger partial charge in [0.2, 0.25) is 0 Å². The summed E-state index contributed by atoms with van der Waals surface area (Å²) in [5.74, 6) is 2.59. The first-order chi connectivity index (χ1) is 20.1. The second-order valence-corrected chi connectivity index (χ2v) is 10.9. The number of carbonyl (C=O) groups is 1. The van der Waals surface area contributed by atoms with Gasteiger partial charge in [-0.05, 0) is 84.8 Å². The van der Waals surface area contributed by atoms with Crippen molar-refractivity contribution in [3.8, 4) is 17.2 Å². The molecule has 0 fully saturated rings. The summed E-state index contributed by atoms with van der Waals surface area (Å²) in [6.07, 6.45) is 15.0. The molecule has 0 amide bonds. The fraction of sp³-hybridized carbons (Fsp3) is 0.432. The summed E-state index contributed by atoms with van der Waals surface area (Å²) in [5.41, 5.74) is 2.90. The molecule has 4 heteroatoms. The summed E-state index contributed by atoms with van der Waals surface area (Å²) in [7, 11) is 0. The van der Waals surface area contributed by atoms with Crippen molar-refractivity contribution in [3.05, 3.63) is 96.1 Å². The Morgan fingerprint density at radius 1 is 0.683 bits per heavy atom. The van der Waals surface area contributed by atoms with Crippen molar-refractivity contribution in [2.75, 3.05) is 13.2 Å². The van der Waals surface area contributed by atoms with Crippen LogP contribution < -0.4 is 14.2 Å². The quantitative estimate of drug-likeness (QED) is 0.0789. The highest BCUT2D eigenvalue weighted by atomic mass is 16.5. The van der Waals surface area contributed by atoms with Gasteiger partial charge in [0.25, 0.3) is 0 Å². The van der Waals surface area contributed by atoms with Gasteiger partial charge >= 0.3 is 5.97 Å². The number of hydrogen-bond donors (Lipinski definition) is 0. The van der Waals surface area contributed by atoms with E-state index >= 15 is 0 Å². The second kappa shape index (κ2) is 18.7. The lowest BCUT2D eigenvalue weighted by Crippen LogP contribution is -2.08. The summed E-state index contributed by atoms with van der Waals surface area (Å²) < 4.78 is 17.2. The van der Waals surface area contributed by atoms with Crippen molar-refractivity contribution in [1.82, 2.24) is 0 Å². The first-order valence-corrected chi connectivity index (χ1v) is 15.5. The lowest BCUT2D eigenvalue weighted by Gasteiger charge is -2.10. The van der Waals surface area contributed by atoms with E-state index in [0.717, 1.165) is 49.4 Å². The maximum Gasteiger partial charge on any atom is 0.343 e. The van der Waals surface area contributed by atoms with Gasteiger partial charge in [0.05, 0.1) is 18.8 Å². The molecule has 3 aromatic rings. The molecule has 41 heavy (non-hydrogen) atoms. The standard InChI is InChI=1S/C37H48O4/c1-4-30(3)29-32-17-23-36(24-18-32)41-37(38)33-19-25-35(26-20-33)40-28-14-12-10-8-6-7-9-11-13-27-39-34-21-15-31(5-2)16-22-34/h5,15-26,30H,2,4,6-14,27-29H2,1,3H3/t30-/m0/s1. The molecule has 0 N–H and O–H groups in total. The smallest absolute Gasteiger partial charge is 0.343 e. The average molecular weight is 557 g/mol. The Bertz CT molecular complexity index is 1130. The van der Waals surface area contributed by atoms with E-state index in [1.165, 1.54) is 50.5 Å². The molecule has 1 atom stereocenters. The molecular formula is C37H48O4. The molecular weight excluding hydrogens is 508 g/mol. The first kappa shape index (κ1) is 32.0. The summed E-state index contributed by atoms with van der Waals surface area (Å²) in [6.45, 7) is 9.70. The Kier molecular flexibility index (Phi) is 14.6. The maximum absolute atomic E-state index is 12.5. The minimum Gasteiger partial charge on any atom is -0.494 e. The van der Waals surface area contributed by atoms with Crippen molar-refractivity contribution in [2.45, 2.75) is 84.5 Å². The van der Waals surface area contributed by atoms with Gasteiger partial charge in [0.1, 0.15) is 17.2 Å². The number of hydrogen-bond acceptors (Lipinski definition) is 4. The number of rotatable bonds is 20. The van der Waals surface area contributed by atoms with Crippen molar-refractivity contribution < 1.29 is 19.0 Å². The zero-order chi connectivity index (χ0) is 29.1. The van der Waals surface area contributed by atoms with Crippen LogP contribution in [0.15, 0.2) is 79.4 Å². The highest BCUT2D eigenvalue weighted by Gasteiger charge is 2.09. The van der Waals surface area contributed by atoms with Gasteiger partial charge in [-0.1, -0.05) is 102 Å². The van der Waals surface area contributed by atoms with Crippen molar-refractivity contribution >= 4 is 12.0 Å². The van der Waals surface area contributed by atoms with E-state index in [4.69, 9.17) is 14.2 Å². The lowest BCUT2D eigenvalue weighted by molar-refractivity contribution is 0.0734. The molecule has 0 saturated heterocycles. The van der Waals surface area contributed by atoms with Crippen LogP contribution in [0.3, 0.4) is 0 Å². The molecule has 0 radical (unpaired) electrons. The van der Waals surface area contributed by atoms with E-state index < -0.39 is 0 Å². The summed E-state index contributed by atoms with van der Waals surface area (Å²) in [6, 6.07) is 23.1. The fourth-order valence-corrected chi connectivity index (χ4v) is 4.62. The molecule has 4 nitrogen and oxygen atoms in total. The molecule has 3 rings (SSSR count). The number of benzene rings is 3. The van der Waals surface area contributed by atoms with Crippen LogP contribution in [0.2, 0.25) is 0 Å². The molecule has 0 unspecified atom stereocenters. The van der Waals surface area contributed by atoms with E-state index in [-0.39, 0.29) is 5.97 Å². The van der Waals surface area contributed by atoms with Crippen molar-refractivity contribution in [3.63, 3.8) is 0 Å². The fourth-order valence-electron chi connectivity index (χ4n) is 4.62. The zero-order valence-electron chi connectivity index (χ0n) is 25.1. The lowest BCUT2D eigenvalue weighted by atomic mass is 9.99. The number of esters is 1. The molecule has 0 aliphatic carbocycles. The normalized spacial score (nSPS) is 11.6. The topological polar surface area (TPSA) is 44.8 Å². The number of unbranched alkanes of at least 4 members (excludes halogenated alkanes) is 8. The van der Waals surface area contributed by atoms with Gasteiger partial charge in [0, 0.05) is 0 Å². The predicted octanol–water partition coefficient (Wildman–Crippen LogP) is 10.1. The molecule has 0 saturated carbocycles. The van der Waals surface area contributed by atoms with E-state index in [0.29, 0.717) is 23.8 Å². The molecule has 3 aromatic carbocycles. The molecule has 0 spiro atoms. The molecule has 0 bridgehead atoms. The Hall–Kier alpha value is -3.53. The van der Waals surface area contributed by atoms with Crippen molar-refractivity contribution in [2.24, 2.45) is 5.92 Å². The van der Waals surface area contributed by atoms with E-state index in [2.05, 4.69) is 20.4 Å². The third-order valence-corrected chi connectivity index (χ3v) is 7.45. The van der Waals surface area contributed by atoms with Gasteiger partial charge in [-0.25, -0.2) is 4.79 Å². The monoisotopic (exact) mass is 556 g/mol. The molecule has 0 heterocycles. The highest BCUT2D eigenvalue weighted by Crippen LogP contribution is 2.19. The van der Waals surface area contributed by atoms with Gasteiger partial charge in [-0.2, -0.15) is 0 Å². The van der Waals surface area contributed by atoms with Gasteiger partial charge < -0.3 is 14.2 Å². The zero-order valence-corrected chi connectivity index (χ0v) is 25.1. The Balaban J connectivity index is 1.17. The predicted molar refractivity (Wildman–Crippen MR) is 170 cm³/mol. The van der Waals surface area contributed by atoms with Crippen LogP contribution in [-0.2, 0) is 6.42 Å². The third-order valence-electron chi connectivity index (χ3n) is 7.45. The highest BCUT2D eigenvalue weighted by molar-refractivity contribution is 5.91. The molecule has 0 aliphatic rings. The molecule has 0 aliphatic heterocycles. The molecule has 220 valence electrons. The van der Waals surface area contributed by atoms with Gasteiger partial charge in [0.15, 0.2) is 0 Å². The largest absolute Gasteiger partial charge is 0.494 e. The number of carbonyl (C=O) groups excluding carboxylic acids is 1. The average Bonchev–Trinajstić information content (AvgIpc) is 3.01. The Morgan fingerprint density at radius 3 is 1.63 bits per heavy atom. The second-order valence-electron chi connectivity index (χ2n) is 10.9. The van der Waals surface area contributed by atoms with Crippen LogP contribution in [-0.4, -0.2) is 19.2 Å². The summed E-state index contributed by atoms with van der Waals surface area (Å²) >= 11 is 0. The minimum atomic E-state index is -0.352. The van der Waals surface area contributed by atoms with E-state index in [1.807, 2.05) is 66.7 Å². The SMILES string of the molecule is C=Cc1ccc(OCCCCCCCCCCCOc2ccc(C(=O)Oc3ccc(C[C@@H](C)CC)cc3)cc2)cc1. The van der Waals surface area contributed by atoms with Crippen molar-refractivity contribution in [1.29, 1.82) is 0 Å². The Morgan fingerprint density at radius 2 is 1.15 bits per heavy atom. The molecule has 0 aromatic heterocycles. The van der Waals surface area contributed by atoms with Gasteiger partial charge in [-0.15, -0.1) is 0 Å². The van der Waals surface area contributed by atoms with Crippen LogP contribution in [0.1, 0.15) is 99.5 Å². The van der Waals surface area contributed by atoms with Crippen LogP contribution in [0.5, 0.6) is 17.2 Å². The summed E-state index contributed by atoms with van der Waals surface area (Å²) in [5, 5.41) is 0. The number of ether oxygens (including phenoxy) is 3. The minimum absolute atomic E-state index is 0.352. The van der Waals surface area contributed by atoms with Gasteiger partial charge in [-0.3, -0.25) is 0 Å². The maximum atomic E-state index is 12.5. The third kappa shape index (κ3) is 12.7. The van der Waals surface area contributed by atoms with Crippen LogP contribution in [0.25, 0.3) is 6.08 Å². The van der Waals surface area contributed by atoms with Crippen LogP contribution in [0, 0.1) is 5.92 Å². The van der Waals surface area contributed by atoms with E-state index in [1.54, 1.807) is 12.1 Å². The van der Waals surface area contributed by atoms with Crippen LogP contribution >= 0.6 is 0 Å². The van der Waals surface area contributed by atoms with E-state index in [9.17, 15) is 4.79 Å². The first-order valence-electron chi connectivity index (χ1n) is 15.5. The Labute approximate surface area is 247 Å². The van der Waals surface area contributed by atoms with Crippen LogP contribution in [0.4, 0.5) is 0 Å².